The summed E-state index contributed by atoms with van der Waals surface area (Å²) in [4.78, 5) is 1.27. The Kier molecular flexibility index (Phi) is 3.97. The van der Waals surface area contributed by atoms with E-state index in [1.54, 1.807) is 11.3 Å². The first-order valence-electron chi connectivity index (χ1n) is 5.75. The molecule has 0 aliphatic carbocycles. The lowest BCUT2D eigenvalue weighted by Crippen LogP contribution is -2.41. The van der Waals surface area contributed by atoms with Crippen LogP contribution in [-0.4, -0.2) is 25.4 Å². The van der Waals surface area contributed by atoms with Crippen LogP contribution in [0.5, 0.6) is 0 Å². The van der Waals surface area contributed by atoms with E-state index in [1.807, 2.05) is 0 Å². The molecule has 90 valence electrons. The van der Waals surface area contributed by atoms with Crippen molar-refractivity contribution in [1.82, 2.24) is 0 Å². The van der Waals surface area contributed by atoms with Gasteiger partial charge in [0.1, 0.15) is 12.2 Å². The molecule has 16 heavy (non-hydrogen) atoms. The summed E-state index contributed by atoms with van der Waals surface area (Å²) in [7, 11) is 0. The van der Waals surface area contributed by atoms with Gasteiger partial charge in [0.2, 0.25) is 0 Å². The maximum absolute atomic E-state index is 6.15. The highest BCUT2D eigenvalue weighted by atomic mass is 32.1. The van der Waals surface area contributed by atoms with Gasteiger partial charge in [0, 0.05) is 10.9 Å². The Bertz CT molecular complexity index is 336. The van der Waals surface area contributed by atoms with Gasteiger partial charge in [-0.05, 0) is 30.4 Å². The van der Waals surface area contributed by atoms with Gasteiger partial charge in [0.25, 0.3) is 0 Å². The summed E-state index contributed by atoms with van der Waals surface area (Å²) < 4.78 is 11.2. The van der Waals surface area contributed by atoms with E-state index in [9.17, 15) is 0 Å². The molecule has 0 saturated carbocycles. The van der Waals surface area contributed by atoms with Gasteiger partial charge in [-0.15, -0.1) is 11.3 Å². The first-order valence-corrected chi connectivity index (χ1v) is 6.63. The quantitative estimate of drug-likeness (QED) is 0.860. The van der Waals surface area contributed by atoms with Crippen LogP contribution in [0.25, 0.3) is 0 Å². The predicted octanol–water partition coefficient (Wildman–Crippen LogP) is 2.25. The van der Waals surface area contributed by atoms with Crippen LogP contribution in [0, 0.1) is 6.92 Å². The number of aryl methyl sites for hydroxylation is 1. The summed E-state index contributed by atoms with van der Waals surface area (Å²) in [5.41, 5.74) is 7.42. The van der Waals surface area contributed by atoms with E-state index >= 15 is 0 Å². The zero-order valence-electron chi connectivity index (χ0n) is 9.81. The largest absolute Gasteiger partial charge is 0.376 e. The summed E-state index contributed by atoms with van der Waals surface area (Å²) >= 11 is 1.73. The fraction of sp³-hybridized carbons (Fsp3) is 0.667. The van der Waals surface area contributed by atoms with Gasteiger partial charge >= 0.3 is 0 Å². The standard InChI is InChI=1S/C12H19NO2S/c1-3-10(13)11(15-9-6-14-7-9)12-8(2)4-5-16-12/h4-5,9-11H,3,6-7,13H2,1-2H3. The van der Waals surface area contributed by atoms with Crippen molar-refractivity contribution < 1.29 is 9.47 Å². The molecule has 1 fully saturated rings. The monoisotopic (exact) mass is 241 g/mol. The molecule has 0 radical (unpaired) electrons. The highest BCUT2D eigenvalue weighted by Crippen LogP contribution is 2.31. The Morgan fingerprint density at radius 2 is 2.38 bits per heavy atom. The van der Waals surface area contributed by atoms with E-state index < -0.39 is 0 Å². The van der Waals surface area contributed by atoms with Gasteiger partial charge in [-0.2, -0.15) is 0 Å². The maximum Gasteiger partial charge on any atom is 0.108 e. The molecule has 1 saturated heterocycles. The molecule has 0 aromatic carbocycles. The van der Waals surface area contributed by atoms with Crippen LogP contribution in [-0.2, 0) is 9.47 Å². The predicted molar refractivity (Wildman–Crippen MR) is 65.8 cm³/mol. The molecule has 2 heterocycles. The molecule has 1 aliphatic heterocycles. The summed E-state index contributed by atoms with van der Waals surface area (Å²) in [6.45, 7) is 5.62. The van der Waals surface area contributed by atoms with Crippen molar-refractivity contribution in [3.63, 3.8) is 0 Å². The lowest BCUT2D eigenvalue weighted by Gasteiger charge is -2.33. The Morgan fingerprint density at radius 1 is 1.62 bits per heavy atom. The van der Waals surface area contributed by atoms with Crippen LogP contribution < -0.4 is 5.73 Å². The van der Waals surface area contributed by atoms with Crippen molar-refractivity contribution in [2.24, 2.45) is 5.73 Å². The molecule has 2 rings (SSSR count). The molecule has 0 amide bonds. The third-order valence-electron chi connectivity index (χ3n) is 2.97. The zero-order valence-corrected chi connectivity index (χ0v) is 10.6. The van der Waals surface area contributed by atoms with Crippen molar-refractivity contribution in [1.29, 1.82) is 0 Å². The Balaban J connectivity index is 2.10. The Morgan fingerprint density at radius 3 is 2.81 bits per heavy atom. The average molecular weight is 241 g/mol. The Hall–Kier alpha value is -0.420. The number of hydrogen-bond acceptors (Lipinski definition) is 4. The SMILES string of the molecule is CCC(N)C(OC1COC1)c1sccc1C. The molecule has 1 aromatic rings. The van der Waals surface area contributed by atoms with Crippen LogP contribution in [0.4, 0.5) is 0 Å². The Labute approximate surface area is 101 Å². The van der Waals surface area contributed by atoms with Crippen LogP contribution >= 0.6 is 11.3 Å². The van der Waals surface area contributed by atoms with Crippen molar-refractivity contribution in [2.75, 3.05) is 13.2 Å². The number of thiophene rings is 1. The highest BCUT2D eigenvalue weighted by Gasteiger charge is 2.29. The van der Waals surface area contributed by atoms with Gasteiger partial charge in [-0.1, -0.05) is 6.92 Å². The smallest absolute Gasteiger partial charge is 0.108 e. The molecule has 2 N–H and O–H groups in total. The van der Waals surface area contributed by atoms with E-state index in [-0.39, 0.29) is 18.2 Å². The molecular weight excluding hydrogens is 222 g/mol. The molecule has 2 atom stereocenters. The van der Waals surface area contributed by atoms with E-state index in [0.717, 1.165) is 6.42 Å². The maximum atomic E-state index is 6.15. The first kappa shape index (κ1) is 12.0. The van der Waals surface area contributed by atoms with Gasteiger partial charge in [0.15, 0.2) is 0 Å². The average Bonchev–Trinajstić information content (AvgIpc) is 2.62. The zero-order chi connectivity index (χ0) is 11.5. The molecule has 4 heteroatoms. The van der Waals surface area contributed by atoms with Crippen LogP contribution in [0.15, 0.2) is 11.4 Å². The fourth-order valence-electron chi connectivity index (χ4n) is 1.75. The van der Waals surface area contributed by atoms with Crippen molar-refractivity contribution in [3.8, 4) is 0 Å². The molecule has 0 spiro atoms. The number of hydrogen-bond donors (Lipinski definition) is 1. The molecule has 1 aromatic heterocycles. The van der Waals surface area contributed by atoms with Crippen LogP contribution in [0.3, 0.4) is 0 Å². The number of ether oxygens (including phenoxy) is 2. The third kappa shape index (κ3) is 2.46. The molecular formula is C12H19NO2S. The second kappa shape index (κ2) is 5.27. The minimum atomic E-state index is 0.0268. The summed E-state index contributed by atoms with van der Waals surface area (Å²) in [5.74, 6) is 0. The van der Waals surface area contributed by atoms with Crippen molar-refractivity contribution in [2.45, 2.75) is 38.5 Å². The van der Waals surface area contributed by atoms with E-state index in [1.165, 1.54) is 10.4 Å². The minimum Gasteiger partial charge on any atom is -0.376 e. The van der Waals surface area contributed by atoms with E-state index in [0.29, 0.717) is 13.2 Å². The van der Waals surface area contributed by atoms with Crippen LogP contribution in [0.2, 0.25) is 0 Å². The second-order valence-electron chi connectivity index (χ2n) is 4.26. The first-order chi connectivity index (χ1) is 7.72. The summed E-state index contributed by atoms with van der Waals surface area (Å²) in [6.07, 6.45) is 1.18. The molecule has 3 nitrogen and oxygen atoms in total. The topological polar surface area (TPSA) is 44.5 Å². The lowest BCUT2D eigenvalue weighted by atomic mass is 10.0. The molecule has 0 bridgehead atoms. The highest BCUT2D eigenvalue weighted by molar-refractivity contribution is 7.10. The lowest BCUT2D eigenvalue weighted by molar-refractivity contribution is -0.160. The normalized spacial score (nSPS) is 20.4. The third-order valence-corrected chi connectivity index (χ3v) is 4.05. The summed E-state index contributed by atoms with van der Waals surface area (Å²) in [6, 6.07) is 2.19. The number of rotatable bonds is 5. The minimum absolute atomic E-state index is 0.0268. The number of nitrogens with two attached hydrogens (primary N) is 1. The van der Waals surface area contributed by atoms with E-state index in [4.69, 9.17) is 15.2 Å². The van der Waals surface area contributed by atoms with Gasteiger partial charge in [-0.3, -0.25) is 0 Å². The molecule has 1 aliphatic rings. The van der Waals surface area contributed by atoms with Gasteiger partial charge < -0.3 is 15.2 Å². The van der Waals surface area contributed by atoms with Crippen molar-refractivity contribution in [3.05, 3.63) is 21.9 Å². The van der Waals surface area contributed by atoms with Crippen molar-refractivity contribution >= 4 is 11.3 Å². The van der Waals surface area contributed by atoms with Gasteiger partial charge in [0.05, 0.1) is 13.2 Å². The summed E-state index contributed by atoms with van der Waals surface area (Å²) in [5, 5.41) is 2.10. The fourth-order valence-corrected chi connectivity index (χ4v) is 2.78. The second-order valence-corrected chi connectivity index (χ2v) is 5.20. The van der Waals surface area contributed by atoms with Gasteiger partial charge in [-0.25, -0.2) is 0 Å². The van der Waals surface area contributed by atoms with Crippen LogP contribution in [0.1, 0.15) is 29.9 Å². The molecule has 2 unspecified atom stereocenters. The van der Waals surface area contributed by atoms with E-state index in [2.05, 4.69) is 25.3 Å².